The van der Waals surface area contributed by atoms with Gasteiger partial charge in [0.1, 0.15) is 17.5 Å². The Hall–Kier alpha value is -5.73. The van der Waals surface area contributed by atoms with Crippen LogP contribution >= 0.6 is 0 Å². The van der Waals surface area contributed by atoms with E-state index in [0.717, 1.165) is 44.8 Å². The Morgan fingerprint density at radius 3 is 1.78 bits per heavy atom. The van der Waals surface area contributed by atoms with Crippen LogP contribution in [0, 0.1) is 6.92 Å². The number of aryl methyl sites for hydroxylation is 2. The van der Waals surface area contributed by atoms with Gasteiger partial charge in [0, 0.05) is 12.1 Å². The Labute approximate surface area is 293 Å². The van der Waals surface area contributed by atoms with E-state index in [4.69, 9.17) is 14.6 Å². The molecule has 50 heavy (non-hydrogen) atoms. The van der Waals surface area contributed by atoms with Crippen LogP contribution in [0.1, 0.15) is 55.3 Å². The van der Waals surface area contributed by atoms with Crippen molar-refractivity contribution >= 4 is 23.0 Å². The molecule has 254 valence electrons. The van der Waals surface area contributed by atoms with E-state index in [1.54, 1.807) is 20.8 Å². The summed E-state index contributed by atoms with van der Waals surface area (Å²) in [6.07, 6.45) is -0.110. The van der Waals surface area contributed by atoms with E-state index >= 15 is 0 Å². The summed E-state index contributed by atoms with van der Waals surface area (Å²) in [5.74, 6) is 0.230. The minimum atomic E-state index is -1.20. The lowest BCUT2D eigenvalue weighted by Gasteiger charge is -2.35. The Morgan fingerprint density at radius 2 is 1.24 bits per heavy atom. The van der Waals surface area contributed by atoms with Gasteiger partial charge >= 0.3 is 6.09 Å². The summed E-state index contributed by atoms with van der Waals surface area (Å²) in [6, 6.07) is 44.4. The molecule has 2 N–H and O–H groups in total. The molecule has 0 aliphatic rings. The first-order valence-electron chi connectivity index (χ1n) is 16.8. The number of ether oxygens (including phenoxy) is 1. The number of alkyl carbamates (subject to hydrolysis) is 1. The first-order valence-corrected chi connectivity index (χ1v) is 16.8. The number of carbonyl (C=O) groups is 2. The number of hydroxylamine groups is 1. The van der Waals surface area contributed by atoms with Gasteiger partial charge in [0.05, 0.1) is 11.0 Å². The summed E-state index contributed by atoms with van der Waals surface area (Å²) >= 11 is 0. The van der Waals surface area contributed by atoms with Gasteiger partial charge in [-0.05, 0) is 75.1 Å². The zero-order chi connectivity index (χ0) is 35.1. The number of hydrogen-bond donors (Lipinski definition) is 2. The van der Waals surface area contributed by atoms with Crippen LogP contribution in [0.4, 0.5) is 4.79 Å². The second kappa shape index (κ2) is 14.8. The highest BCUT2D eigenvalue weighted by atomic mass is 16.7. The molecule has 0 radical (unpaired) electrons. The maximum atomic E-state index is 14.2. The zero-order valence-electron chi connectivity index (χ0n) is 28.8. The number of para-hydroxylation sites is 2. The molecule has 0 saturated carbocycles. The van der Waals surface area contributed by atoms with Crippen LogP contribution in [0.25, 0.3) is 16.7 Å². The van der Waals surface area contributed by atoms with Crippen molar-refractivity contribution < 1.29 is 19.2 Å². The van der Waals surface area contributed by atoms with Gasteiger partial charge in [-0.15, -0.1) is 0 Å². The summed E-state index contributed by atoms with van der Waals surface area (Å²) in [5.41, 5.74) is 7.17. The first kappa shape index (κ1) is 34.1. The van der Waals surface area contributed by atoms with Crippen LogP contribution in [-0.4, -0.2) is 33.2 Å². The molecule has 6 rings (SSSR count). The second-order valence-corrected chi connectivity index (χ2v) is 13.3. The molecule has 1 aromatic heterocycles. The fourth-order valence-electron chi connectivity index (χ4n) is 6.11. The number of aromatic nitrogens is 2. The predicted molar refractivity (Wildman–Crippen MR) is 196 cm³/mol. The zero-order valence-corrected chi connectivity index (χ0v) is 28.8. The van der Waals surface area contributed by atoms with E-state index < -0.39 is 29.2 Å². The number of nitrogens with zero attached hydrogens (tertiary/aromatic N) is 2. The maximum absolute atomic E-state index is 14.2. The molecule has 0 aliphatic carbocycles. The lowest BCUT2D eigenvalue weighted by molar-refractivity contribution is -0.145. The predicted octanol–water partition coefficient (Wildman–Crippen LogP) is 8.20. The summed E-state index contributed by atoms with van der Waals surface area (Å²) in [4.78, 5) is 38.9. The number of carbonyl (C=O) groups excluding carboxylic acids is 2. The molecule has 1 heterocycles. The molecule has 0 spiro atoms. The topological polar surface area (TPSA) is 94.5 Å². The number of benzene rings is 5. The summed E-state index contributed by atoms with van der Waals surface area (Å²) in [7, 11) is 0. The molecule has 2 amide bonds. The standard InChI is InChI=1S/C42H42N4O4/c1-30-24-26-34(27-25-30)46-37-23-15-14-22-35(37)43-38(46)29-28-36(44-40(48)49-41(2,3)4)39(47)45-50-42(31-16-8-5-9-17-31,32-18-10-6-11-19-32)33-20-12-7-13-21-33/h5-27,36H,28-29H2,1-4H3,(H,44,48)(H,45,47). The molecular formula is C42H42N4O4. The third-order valence-electron chi connectivity index (χ3n) is 8.43. The molecule has 8 nitrogen and oxygen atoms in total. The summed E-state index contributed by atoms with van der Waals surface area (Å²) in [5, 5.41) is 2.81. The number of nitrogens with one attached hydrogen (secondary N) is 2. The van der Waals surface area contributed by atoms with Crippen molar-refractivity contribution in [2.24, 2.45) is 0 Å². The minimum absolute atomic E-state index is 0.221. The maximum Gasteiger partial charge on any atom is 0.408 e. The molecule has 0 saturated heterocycles. The van der Waals surface area contributed by atoms with E-state index in [-0.39, 0.29) is 6.42 Å². The summed E-state index contributed by atoms with van der Waals surface area (Å²) in [6.45, 7) is 7.39. The van der Waals surface area contributed by atoms with Crippen molar-refractivity contribution in [2.45, 2.75) is 57.8 Å². The van der Waals surface area contributed by atoms with Gasteiger partial charge in [-0.1, -0.05) is 121 Å². The lowest BCUT2D eigenvalue weighted by atomic mass is 9.80. The largest absolute Gasteiger partial charge is 0.444 e. The van der Waals surface area contributed by atoms with Gasteiger partial charge in [-0.2, -0.15) is 0 Å². The van der Waals surface area contributed by atoms with Crippen LogP contribution in [0.3, 0.4) is 0 Å². The fraction of sp³-hybridized carbons (Fsp3) is 0.214. The normalized spacial score (nSPS) is 12.3. The number of fused-ring (bicyclic) bond motifs is 1. The highest BCUT2D eigenvalue weighted by Crippen LogP contribution is 2.39. The van der Waals surface area contributed by atoms with E-state index in [1.165, 1.54) is 0 Å². The van der Waals surface area contributed by atoms with Crippen molar-refractivity contribution in [2.75, 3.05) is 0 Å². The SMILES string of the molecule is Cc1ccc(-n2c(CCC(NC(=O)OC(C)(C)C)C(=O)NOC(c3ccccc3)(c3ccccc3)c3ccccc3)nc3ccccc32)cc1. The van der Waals surface area contributed by atoms with Crippen molar-refractivity contribution in [1.82, 2.24) is 20.3 Å². The Balaban J connectivity index is 1.34. The highest BCUT2D eigenvalue weighted by Gasteiger charge is 2.40. The molecule has 0 bridgehead atoms. The molecule has 1 unspecified atom stereocenters. The van der Waals surface area contributed by atoms with Crippen LogP contribution < -0.4 is 10.8 Å². The average molecular weight is 667 g/mol. The van der Waals surface area contributed by atoms with E-state index in [2.05, 4.69) is 39.6 Å². The Morgan fingerprint density at radius 1 is 0.720 bits per heavy atom. The van der Waals surface area contributed by atoms with Crippen LogP contribution in [-0.2, 0) is 26.4 Å². The van der Waals surface area contributed by atoms with Gasteiger partial charge in [-0.3, -0.25) is 14.2 Å². The Bertz CT molecular complexity index is 1940. The lowest BCUT2D eigenvalue weighted by Crippen LogP contribution is -2.50. The molecule has 0 fully saturated rings. The first-order chi connectivity index (χ1) is 24.1. The molecule has 8 heteroatoms. The third-order valence-corrected chi connectivity index (χ3v) is 8.43. The van der Waals surface area contributed by atoms with E-state index in [1.807, 2.05) is 122 Å². The second-order valence-electron chi connectivity index (χ2n) is 13.3. The minimum Gasteiger partial charge on any atom is -0.444 e. The molecule has 0 aliphatic heterocycles. The van der Waals surface area contributed by atoms with Gasteiger partial charge in [0.25, 0.3) is 5.91 Å². The third kappa shape index (κ3) is 7.61. The number of imidazole rings is 1. The van der Waals surface area contributed by atoms with Crippen molar-refractivity contribution in [3.63, 3.8) is 0 Å². The monoisotopic (exact) mass is 666 g/mol. The van der Waals surface area contributed by atoms with Gasteiger partial charge in [-0.25, -0.2) is 15.3 Å². The van der Waals surface area contributed by atoms with Crippen molar-refractivity contribution in [3.05, 3.63) is 168 Å². The van der Waals surface area contributed by atoms with E-state index in [0.29, 0.717) is 6.42 Å². The fourth-order valence-corrected chi connectivity index (χ4v) is 6.11. The Kier molecular flexibility index (Phi) is 10.1. The van der Waals surface area contributed by atoms with Crippen LogP contribution in [0.2, 0.25) is 0 Å². The van der Waals surface area contributed by atoms with Crippen molar-refractivity contribution in [1.29, 1.82) is 0 Å². The number of hydrogen-bond acceptors (Lipinski definition) is 5. The quantitative estimate of drug-likeness (QED) is 0.107. The smallest absolute Gasteiger partial charge is 0.408 e. The number of rotatable bonds is 11. The van der Waals surface area contributed by atoms with Crippen LogP contribution in [0.5, 0.6) is 0 Å². The van der Waals surface area contributed by atoms with Crippen LogP contribution in [0.15, 0.2) is 140 Å². The molecule has 1 atom stereocenters. The number of amides is 2. The molecular weight excluding hydrogens is 624 g/mol. The molecule has 6 aromatic rings. The van der Waals surface area contributed by atoms with Crippen molar-refractivity contribution in [3.8, 4) is 5.69 Å². The summed E-state index contributed by atoms with van der Waals surface area (Å²) < 4.78 is 7.68. The van der Waals surface area contributed by atoms with E-state index in [9.17, 15) is 9.59 Å². The van der Waals surface area contributed by atoms with Gasteiger partial charge < -0.3 is 10.1 Å². The highest BCUT2D eigenvalue weighted by molar-refractivity contribution is 5.85. The van der Waals surface area contributed by atoms with Gasteiger partial charge in [0.15, 0.2) is 5.60 Å². The van der Waals surface area contributed by atoms with Gasteiger partial charge in [0.2, 0.25) is 0 Å². The average Bonchev–Trinajstić information content (AvgIpc) is 3.49. The molecule has 5 aromatic carbocycles.